The van der Waals surface area contributed by atoms with Gasteiger partial charge in [-0.25, -0.2) is 0 Å². The number of thiocarbonyl (C=S) groups is 1. The Kier molecular flexibility index (Phi) is 5.25. The molecule has 0 saturated heterocycles. The third-order valence-corrected chi connectivity index (χ3v) is 3.43. The van der Waals surface area contributed by atoms with Crippen molar-refractivity contribution >= 4 is 46.2 Å². The van der Waals surface area contributed by atoms with Crippen LogP contribution in [0.1, 0.15) is 15.9 Å². The maximum absolute atomic E-state index is 12.1. The molecule has 118 valence electrons. The first-order valence-corrected chi connectivity index (χ1v) is 7.28. The van der Waals surface area contributed by atoms with Crippen LogP contribution < -0.4 is 10.6 Å². The van der Waals surface area contributed by atoms with Crippen LogP contribution in [-0.2, 0) is 0 Å². The molecular weight excluding hydrogens is 338 g/mol. The van der Waals surface area contributed by atoms with E-state index in [2.05, 4.69) is 10.6 Å². The van der Waals surface area contributed by atoms with Crippen LogP contribution in [0.5, 0.6) is 0 Å². The second-order valence-corrected chi connectivity index (χ2v) is 5.52. The highest BCUT2D eigenvalue weighted by atomic mass is 35.5. The van der Waals surface area contributed by atoms with E-state index in [1.165, 1.54) is 12.1 Å². The zero-order valence-electron chi connectivity index (χ0n) is 12.0. The molecule has 0 aromatic heterocycles. The van der Waals surface area contributed by atoms with E-state index < -0.39 is 10.8 Å². The highest BCUT2D eigenvalue weighted by molar-refractivity contribution is 7.80. The zero-order valence-corrected chi connectivity index (χ0v) is 13.6. The smallest absolute Gasteiger partial charge is 0.288 e. The van der Waals surface area contributed by atoms with Crippen LogP contribution >= 0.6 is 23.8 Å². The SMILES string of the molecule is Cc1cccc(NC(=S)NC(=O)c2ccc(Cl)c([N+](=O)[O-])c2)c1. The molecule has 0 radical (unpaired) electrons. The first-order valence-electron chi connectivity index (χ1n) is 6.50. The molecule has 2 N–H and O–H groups in total. The predicted molar refractivity (Wildman–Crippen MR) is 93.0 cm³/mol. The highest BCUT2D eigenvalue weighted by Gasteiger charge is 2.16. The van der Waals surface area contributed by atoms with Gasteiger partial charge in [-0.05, 0) is 49.0 Å². The van der Waals surface area contributed by atoms with Crippen LogP contribution in [0, 0.1) is 17.0 Å². The number of hydrogen-bond donors (Lipinski definition) is 2. The molecule has 0 atom stereocenters. The van der Waals surface area contributed by atoms with Gasteiger partial charge in [0.15, 0.2) is 5.11 Å². The van der Waals surface area contributed by atoms with E-state index in [1.807, 2.05) is 25.1 Å². The van der Waals surface area contributed by atoms with Gasteiger partial charge >= 0.3 is 0 Å². The summed E-state index contributed by atoms with van der Waals surface area (Å²) in [4.78, 5) is 22.3. The Morgan fingerprint density at radius 3 is 2.65 bits per heavy atom. The maximum Gasteiger partial charge on any atom is 0.288 e. The normalized spacial score (nSPS) is 10.0. The average Bonchev–Trinajstić information content (AvgIpc) is 2.47. The topological polar surface area (TPSA) is 84.3 Å². The summed E-state index contributed by atoms with van der Waals surface area (Å²) < 4.78 is 0. The largest absolute Gasteiger partial charge is 0.332 e. The molecule has 0 spiro atoms. The minimum atomic E-state index is -0.650. The van der Waals surface area contributed by atoms with Crippen LogP contribution in [0.25, 0.3) is 0 Å². The van der Waals surface area contributed by atoms with E-state index in [4.69, 9.17) is 23.8 Å². The summed E-state index contributed by atoms with van der Waals surface area (Å²) in [5.74, 6) is -0.560. The van der Waals surface area contributed by atoms with E-state index in [-0.39, 0.29) is 21.4 Å². The molecular formula is C15H12ClN3O3S. The quantitative estimate of drug-likeness (QED) is 0.501. The molecule has 2 aromatic carbocycles. The lowest BCUT2D eigenvalue weighted by Gasteiger charge is -2.10. The second kappa shape index (κ2) is 7.17. The van der Waals surface area contributed by atoms with Gasteiger partial charge in [0.25, 0.3) is 11.6 Å². The van der Waals surface area contributed by atoms with Gasteiger partial charge in [0, 0.05) is 17.3 Å². The van der Waals surface area contributed by atoms with E-state index in [1.54, 1.807) is 6.07 Å². The van der Waals surface area contributed by atoms with Crippen molar-refractivity contribution in [1.29, 1.82) is 0 Å². The van der Waals surface area contributed by atoms with Gasteiger partial charge in [0.1, 0.15) is 5.02 Å². The molecule has 0 fully saturated rings. The van der Waals surface area contributed by atoms with Crippen LogP contribution in [0.15, 0.2) is 42.5 Å². The molecule has 0 unspecified atom stereocenters. The number of anilines is 1. The second-order valence-electron chi connectivity index (χ2n) is 4.70. The molecule has 0 heterocycles. The lowest BCUT2D eigenvalue weighted by molar-refractivity contribution is -0.384. The number of aryl methyl sites for hydroxylation is 1. The number of benzene rings is 2. The van der Waals surface area contributed by atoms with Crippen molar-refractivity contribution in [2.24, 2.45) is 0 Å². The van der Waals surface area contributed by atoms with Crippen molar-refractivity contribution in [3.8, 4) is 0 Å². The Morgan fingerprint density at radius 1 is 1.26 bits per heavy atom. The average molecular weight is 350 g/mol. The van der Waals surface area contributed by atoms with Crippen molar-refractivity contribution in [2.45, 2.75) is 6.92 Å². The summed E-state index contributed by atoms with van der Waals surface area (Å²) in [6.45, 7) is 1.93. The van der Waals surface area contributed by atoms with E-state index in [0.29, 0.717) is 0 Å². The number of nitrogens with one attached hydrogen (secondary N) is 2. The number of nitro groups is 1. The Morgan fingerprint density at radius 2 is 2.00 bits per heavy atom. The van der Waals surface area contributed by atoms with Crippen molar-refractivity contribution in [1.82, 2.24) is 5.32 Å². The fraction of sp³-hybridized carbons (Fsp3) is 0.0667. The summed E-state index contributed by atoms with van der Waals surface area (Å²) >= 11 is 10.8. The zero-order chi connectivity index (χ0) is 17.0. The van der Waals surface area contributed by atoms with Gasteiger partial charge in [-0.1, -0.05) is 23.7 Å². The number of halogens is 1. The Balaban J connectivity index is 2.08. The van der Waals surface area contributed by atoms with Gasteiger partial charge < -0.3 is 5.32 Å². The fourth-order valence-corrected chi connectivity index (χ4v) is 2.25. The lowest BCUT2D eigenvalue weighted by atomic mass is 10.2. The molecule has 2 rings (SSSR count). The molecule has 6 nitrogen and oxygen atoms in total. The minimum absolute atomic E-state index is 0.0352. The van der Waals surface area contributed by atoms with Crippen LogP contribution in [0.2, 0.25) is 5.02 Å². The molecule has 0 aliphatic carbocycles. The van der Waals surface area contributed by atoms with Gasteiger partial charge in [-0.15, -0.1) is 0 Å². The first kappa shape index (κ1) is 16.9. The van der Waals surface area contributed by atoms with Crippen molar-refractivity contribution < 1.29 is 9.72 Å². The minimum Gasteiger partial charge on any atom is -0.332 e. The summed E-state index contributed by atoms with van der Waals surface area (Å²) in [5.41, 5.74) is 1.53. The Bertz CT molecular complexity index is 795. The van der Waals surface area contributed by atoms with E-state index in [0.717, 1.165) is 17.3 Å². The lowest BCUT2D eigenvalue weighted by Crippen LogP contribution is -2.34. The monoisotopic (exact) mass is 349 g/mol. The Hall–Kier alpha value is -2.51. The summed E-state index contributed by atoms with van der Waals surface area (Å²) in [6, 6.07) is 11.2. The van der Waals surface area contributed by atoms with Crippen molar-refractivity contribution in [2.75, 3.05) is 5.32 Å². The van der Waals surface area contributed by atoms with Crippen LogP contribution in [0.4, 0.5) is 11.4 Å². The molecule has 0 aliphatic heterocycles. The number of carbonyl (C=O) groups excluding carboxylic acids is 1. The number of nitro benzene ring substituents is 1. The third-order valence-electron chi connectivity index (χ3n) is 2.91. The highest BCUT2D eigenvalue weighted by Crippen LogP contribution is 2.25. The van der Waals surface area contributed by atoms with Crippen LogP contribution in [0.3, 0.4) is 0 Å². The molecule has 8 heteroatoms. The van der Waals surface area contributed by atoms with Crippen LogP contribution in [-0.4, -0.2) is 15.9 Å². The van der Waals surface area contributed by atoms with Gasteiger partial charge in [-0.2, -0.15) is 0 Å². The Labute approximate surface area is 142 Å². The number of rotatable bonds is 3. The molecule has 1 amide bonds. The number of nitrogens with zero attached hydrogens (tertiary/aromatic N) is 1. The van der Waals surface area contributed by atoms with Gasteiger partial charge in [0.05, 0.1) is 4.92 Å². The van der Waals surface area contributed by atoms with E-state index >= 15 is 0 Å². The summed E-state index contributed by atoms with van der Waals surface area (Å²) in [6.07, 6.45) is 0. The molecule has 0 bridgehead atoms. The van der Waals surface area contributed by atoms with Crippen molar-refractivity contribution in [3.05, 3.63) is 68.7 Å². The standard InChI is InChI=1S/C15H12ClN3O3S/c1-9-3-2-4-11(7-9)17-15(23)18-14(20)10-5-6-12(16)13(8-10)19(21)22/h2-8H,1H3,(H2,17,18,20,23). The molecule has 0 aliphatic rings. The number of amides is 1. The number of hydrogen-bond acceptors (Lipinski definition) is 4. The molecule has 2 aromatic rings. The first-order chi connectivity index (χ1) is 10.9. The van der Waals surface area contributed by atoms with E-state index in [9.17, 15) is 14.9 Å². The predicted octanol–water partition coefficient (Wildman–Crippen LogP) is 3.68. The summed E-state index contributed by atoms with van der Waals surface area (Å²) in [5, 5.41) is 16.2. The van der Waals surface area contributed by atoms with Gasteiger partial charge in [0.2, 0.25) is 0 Å². The molecule has 23 heavy (non-hydrogen) atoms. The summed E-state index contributed by atoms with van der Waals surface area (Å²) in [7, 11) is 0. The maximum atomic E-state index is 12.1. The third kappa shape index (κ3) is 4.48. The molecule has 0 saturated carbocycles. The van der Waals surface area contributed by atoms with Crippen molar-refractivity contribution in [3.63, 3.8) is 0 Å². The number of carbonyl (C=O) groups is 1. The fourth-order valence-electron chi connectivity index (χ4n) is 1.85. The van der Waals surface area contributed by atoms with Gasteiger partial charge in [-0.3, -0.25) is 20.2 Å².